The molecule has 0 radical (unpaired) electrons. The lowest BCUT2D eigenvalue weighted by molar-refractivity contribution is -0.127. The first-order chi connectivity index (χ1) is 12.2. The van der Waals surface area contributed by atoms with Gasteiger partial charge in [-0.15, -0.1) is 0 Å². The second-order valence-corrected chi connectivity index (χ2v) is 6.32. The molecule has 0 saturated heterocycles. The summed E-state index contributed by atoms with van der Waals surface area (Å²) < 4.78 is 10.9. The molecule has 0 aromatic heterocycles. The van der Waals surface area contributed by atoms with E-state index in [2.05, 4.69) is 0 Å². The van der Waals surface area contributed by atoms with E-state index in [-0.39, 0.29) is 5.91 Å². The summed E-state index contributed by atoms with van der Waals surface area (Å²) in [5.74, 6) is 0.0545. The van der Waals surface area contributed by atoms with Gasteiger partial charge in [0.05, 0.1) is 18.4 Å². The molecule has 0 spiro atoms. The predicted molar refractivity (Wildman–Crippen MR) is 93.0 cm³/mol. The lowest BCUT2D eigenvalue weighted by Crippen LogP contribution is -2.46. The summed E-state index contributed by atoms with van der Waals surface area (Å²) in [6.07, 6.45) is 1.40. The summed E-state index contributed by atoms with van der Waals surface area (Å²) in [6, 6.07) is 13.1. The van der Waals surface area contributed by atoms with Gasteiger partial charge < -0.3 is 14.4 Å². The van der Waals surface area contributed by atoms with E-state index in [1.807, 2.05) is 30.3 Å². The number of aryl methyl sites for hydroxylation is 1. The van der Waals surface area contributed by atoms with E-state index in [0.717, 1.165) is 29.7 Å². The van der Waals surface area contributed by atoms with Crippen molar-refractivity contribution in [3.63, 3.8) is 0 Å². The molecule has 2 aliphatic rings. The van der Waals surface area contributed by atoms with E-state index >= 15 is 0 Å². The topological polar surface area (TPSA) is 55.8 Å². The molecular formula is C20H19NO4. The van der Waals surface area contributed by atoms with Crippen LogP contribution in [0.1, 0.15) is 27.9 Å². The zero-order chi connectivity index (χ0) is 17.4. The van der Waals surface area contributed by atoms with Gasteiger partial charge in [0, 0.05) is 13.0 Å². The average molecular weight is 337 g/mol. The summed E-state index contributed by atoms with van der Waals surface area (Å²) in [4.78, 5) is 27.1. The third-order valence-electron chi connectivity index (χ3n) is 4.83. The molecule has 4 rings (SSSR count). The Morgan fingerprint density at radius 1 is 1.16 bits per heavy atom. The molecule has 0 saturated carbocycles. The van der Waals surface area contributed by atoms with E-state index in [1.54, 1.807) is 24.1 Å². The van der Waals surface area contributed by atoms with Crippen LogP contribution < -0.4 is 9.64 Å². The lowest BCUT2D eigenvalue weighted by Gasteiger charge is -2.34. The smallest absolute Gasteiger partial charge is 0.339 e. The van der Waals surface area contributed by atoms with E-state index in [0.29, 0.717) is 24.3 Å². The highest BCUT2D eigenvalue weighted by atomic mass is 16.5. The number of benzene rings is 2. The van der Waals surface area contributed by atoms with Crippen LogP contribution in [0.5, 0.6) is 5.75 Å². The van der Waals surface area contributed by atoms with Gasteiger partial charge in [-0.05, 0) is 36.1 Å². The van der Waals surface area contributed by atoms with Crippen LogP contribution in [0.15, 0.2) is 42.5 Å². The van der Waals surface area contributed by atoms with Crippen LogP contribution >= 0.6 is 0 Å². The van der Waals surface area contributed by atoms with Gasteiger partial charge in [-0.25, -0.2) is 4.79 Å². The van der Waals surface area contributed by atoms with E-state index < -0.39 is 12.1 Å². The second-order valence-electron chi connectivity index (χ2n) is 6.32. The second kappa shape index (κ2) is 6.24. The first kappa shape index (κ1) is 15.7. The average Bonchev–Trinajstić information content (AvgIpc) is 2.66. The Bertz CT molecular complexity index is 831. The number of hydrogen-bond acceptors (Lipinski definition) is 4. The van der Waals surface area contributed by atoms with Gasteiger partial charge in [-0.2, -0.15) is 0 Å². The molecule has 5 heteroatoms. The summed E-state index contributed by atoms with van der Waals surface area (Å²) in [6.45, 7) is 0.599. The van der Waals surface area contributed by atoms with Crippen LogP contribution in [0.3, 0.4) is 0 Å². The van der Waals surface area contributed by atoms with Gasteiger partial charge in [0.15, 0.2) is 6.10 Å². The molecule has 0 bridgehead atoms. The molecule has 0 fully saturated rings. The van der Waals surface area contributed by atoms with Crippen LogP contribution in [-0.4, -0.2) is 31.6 Å². The lowest BCUT2D eigenvalue weighted by atomic mass is 9.96. The minimum Gasteiger partial charge on any atom is -0.495 e. The first-order valence-corrected chi connectivity index (χ1v) is 8.45. The minimum atomic E-state index is -0.793. The normalized spacial score (nSPS) is 18.8. The number of rotatable bonds is 2. The molecule has 0 aliphatic carbocycles. The molecule has 1 amide bonds. The fourth-order valence-electron chi connectivity index (χ4n) is 3.64. The number of fused-ring (bicyclic) bond motifs is 2. The van der Waals surface area contributed by atoms with Crippen LogP contribution in [0, 0.1) is 0 Å². The van der Waals surface area contributed by atoms with Crippen LogP contribution in [0.25, 0.3) is 0 Å². The fourth-order valence-corrected chi connectivity index (χ4v) is 3.64. The molecule has 2 heterocycles. The number of esters is 1. The third kappa shape index (κ3) is 2.65. The Morgan fingerprint density at radius 3 is 2.80 bits per heavy atom. The number of ether oxygens (including phenoxy) is 2. The van der Waals surface area contributed by atoms with Gasteiger partial charge in [0.25, 0.3) is 5.91 Å². The molecule has 2 aromatic rings. The highest BCUT2D eigenvalue weighted by Crippen LogP contribution is 2.37. The fraction of sp³-hybridized carbons (Fsp3) is 0.300. The third-order valence-corrected chi connectivity index (χ3v) is 4.83. The van der Waals surface area contributed by atoms with E-state index in [9.17, 15) is 9.59 Å². The molecule has 5 nitrogen and oxygen atoms in total. The van der Waals surface area contributed by atoms with E-state index in [4.69, 9.17) is 9.47 Å². The Kier molecular flexibility index (Phi) is 3.92. The molecule has 128 valence electrons. The SMILES string of the molecule is COc1cccc2c1N(C(=O)[C@@H]1Cc3ccccc3C(=O)O1)CCC2. The monoisotopic (exact) mass is 337 g/mol. The Hall–Kier alpha value is -2.82. The van der Waals surface area contributed by atoms with Gasteiger partial charge in [0.2, 0.25) is 0 Å². The Morgan fingerprint density at radius 2 is 1.96 bits per heavy atom. The number of carbonyl (C=O) groups is 2. The van der Waals surface area contributed by atoms with Crippen molar-refractivity contribution in [2.45, 2.75) is 25.4 Å². The summed E-state index contributed by atoms with van der Waals surface area (Å²) in [5.41, 5.74) is 3.29. The molecule has 25 heavy (non-hydrogen) atoms. The zero-order valence-corrected chi connectivity index (χ0v) is 14.0. The predicted octanol–water partition coefficient (Wildman–Crippen LogP) is 2.76. The zero-order valence-electron chi connectivity index (χ0n) is 14.0. The van der Waals surface area contributed by atoms with Crippen LogP contribution in [0.4, 0.5) is 5.69 Å². The van der Waals surface area contributed by atoms with Crippen molar-refractivity contribution in [2.75, 3.05) is 18.6 Å². The number of methoxy groups -OCH3 is 1. The number of hydrogen-bond donors (Lipinski definition) is 0. The highest BCUT2D eigenvalue weighted by Gasteiger charge is 2.36. The Balaban J connectivity index is 1.67. The number of amides is 1. The maximum Gasteiger partial charge on any atom is 0.339 e. The largest absolute Gasteiger partial charge is 0.495 e. The molecule has 0 unspecified atom stereocenters. The number of anilines is 1. The molecule has 2 aliphatic heterocycles. The molecular weight excluding hydrogens is 318 g/mol. The van der Waals surface area contributed by atoms with Crippen molar-refractivity contribution in [2.24, 2.45) is 0 Å². The van der Waals surface area contributed by atoms with Crippen molar-refractivity contribution in [1.29, 1.82) is 0 Å². The van der Waals surface area contributed by atoms with Crippen molar-refractivity contribution < 1.29 is 19.1 Å². The number of para-hydroxylation sites is 1. The molecule has 0 N–H and O–H groups in total. The highest BCUT2D eigenvalue weighted by molar-refractivity contribution is 6.02. The summed E-state index contributed by atoms with van der Waals surface area (Å²) in [5, 5.41) is 0. The van der Waals surface area contributed by atoms with Gasteiger partial charge >= 0.3 is 5.97 Å². The van der Waals surface area contributed by atoms with Crippen molar-refractivity contribution in [1.82, 2.24) is 0 Å². The first-order valence-electron chi connectivity index (χ1n) is 8.45. The van der Waals surface area contributed by atoms with Crippen LogP contribution in [-0.2, 0) is 22.4 Å². The van der Waals surface area contributed by atoms with Crippen LogP contribution in [0.2, 0.25) is 0 Å². The maximum atomic E-state index is 13.1. The summed E-state index contributed by atoms with van der Waals surface area (Å²) >= 11 is 0. The van der Waals surface area contributed by atoms with Crippen molar-refractivity contribution in [3.8, 4) is 5.75 Å². The standard InChI is InChI=1S/C20H19NO4/c1-24-16-10-4-7-13-8-5-11-21(18(13)16)19(22)17-12-14-6-2-3-9-15(14)20(23)25-17/h2-4,6-7,9-10,17H,5,8,11-12H2,1H3/t17-/m0/s1. The van der Waals surface area contributed by atoms with Crippen molar-refractivity contribution in [3.05, 3.63) is 59.2 Å². The molecule has 1 atom stereocenters. The molecule has 2 aromatic carbocycles. The number of carbonyl (C=O) groups excluding carboxylic acids is 2. The van der Waals surface area contributed by atoms with Gasteiger partial charge in [0.1, 0.15) is 5.75 Å². The number of cyclic esters (lactones) is 1. The number of nitrogens with zero attached hydrogens (tertiary/aromatic N) is 1. The van der Waals surface area contributed by atoms with E-state index in [1.165, 1.54) is 0 Å². The summed E-state index contributed by atoms with van der Waals surface area (Å²) in [7, 11) is 1.60. The Labute approximate surface area is 146 Å². The maximum absolute atomic E-state index is 13.1. The quantitative estimate of drug-likeness (QED) is 0.791. The minimum absolute atomic E-state index is 0.187. The van der Waals surface area contributed by atoms with Gasteiger partial charge in [-0.1, -0.05) is 30.3 Å². The van der Waals surface area contributed by atoms with Gasteiger partial charge in [-0.3, -0.25) is 4.79 Å². The van der Waals surface area contributed by atoms with Crippen molar-refractivity contribution >= 4 is 17.6 Å².